The molecule has 0 unspecified atom stereocenters. The number of para-hydroxylation sites is 2. The zero-order valence-corrected chi connectivity index (χ0v) is 30.6. The SMILES string of the molecule is c1ccc(-c2nc3c(o2)-c2cccc4c(-n5c6ccc(-c7ccc8c(c7)c7ccccc7n8-c7ccccc7)cc6c6c7ccccc7ccc65)ccc-3c24)cc1. The maximum Gasteiger partial charge on any atom is 0.227 e. The molecule has 0 radical (unpaired) electrons. The monoisotopic (exact) mass is 725 g/mol. The van der Waals surface area contributed by atoms with Crippen molar-refractivity contribution in [2.24, 2.45) is 0 Å². The van der Waals surface area contributed by atoms with E-state index in [-0.39, 0.29) is 0 Å². The fourth-order valence-electron chi connectivity index (χ4n) is 9.60. The summed E-state index contributed by atoms with van der Waals surface area (Å²) >= 11 is 0. The molecular formula is C53H31N3O. The van der Waals surface area contributed by atoms with E-state index in [1.807, 2.05) is 30.3 Å². The van der Waals surface area contributed by atoms with Crippen molar-refractivity contribution in [3.05, 3.63) is 188 Å². The lowest BCUT2D eigenvalue weighted by atomic mass is 9.99. The van der Waals surface area contributed by atoms with Crippen LogP contribution in [0, 0.1) is 0 Å². The van der Waals surface area contributed by atoms with Crippen molar-refractivity contribution >= 4 is 65.2 Å². The van der Waals surface area contributed by atoms with Crippen molar-refractivity contribution < 1.29 is 4.42 Å². The highest BCUT2D eigenvalue weighted by Gasteiger charge is 2.30. The molecule has 0 fully saturated rings. The number of rotatable bonds is 4. The molecule has 13 rings (SSSR count). The Labute approximate surface area is 327 Å². The lowest BCUT2D eigenvalue weighted by Crippen LogP contribution is -1.96. The second kappa shape index (κ2) is 11.4. The Balaban J connectivity index is 1.03. The second-order valence-electron chi connectivity index (χ2n) is 15.1. The van der Waals surface area contributed by atoms with Crippen molar-refractivity contribution in [3.8, 4) is 56.5 Å². The Morgan fingerprint density at radius 1 is 0.386 bits per heavy atom. The molecule has 264 valence electrons. The van der Waals surface area contributed by atoms with Gasteiger partial charge in [0.25, 0.3) is 0 Å². The highest BCUT2D eigenvalue weighted by Crippen LogP contribution is 2.50. The molecule has 0 N–H and O–H groups in total. The molecule has 1 aliphatic carbocycles. The maximum atomic E-state index is 6.51. The predicted octanol–water partition coefficient (Wildman–Crippen LogP) is 14.2. The zero-order chi connectivity index (χ0) is 37.2. The number of oxazole rings is 1. The average Bonchev–Trinajstić information content (AvgIpc) is 4.03. The Bertz CT molecular complexity index is 3600. The summed E-state index contributed by atoms with van der Waals surface area (Å²) in [6, 6.07) is 67.9. The van der Waals surface area contributed by atoms with E-state index in [4.69, 9.17) is 9.40 Å². The summed E-state index contributed by atoms with van der Waals surface area (Å²) in [6.07, 6.45) is 0. The topological polar surface area (TPSA) is 35.9 Å². The third-order valence-corrected chi connectivity index (χ3v) is 12.1. The molecule has 0 aliphatic heterocycles. The van der Waals surface area contributed by atoms with E-state index in [0.29, 0.717) is 5.89 Å². The van der Waals surface area contributed by atoms with Crippen LogP contribution in [-0.4, -0.2) is 14.1 Å². The molecule has 1 aliphatic rings. The van der Waals surface area contributed by atoms with Crippen LogP contribution in [0.5, 0.6) is 0 Å². The fraction of sp³-hybridized carbons (Fsp3) is 0. The van der Waals surface area contributed by atoms with E-state index < -0.39 is 0 Å². The van der Waals surface area contributed by atoms with Crippen LogP contribution in [0.1, 0.15) is 0 Å². The molecule has 9 aromatic carbocycles. The van der Waals surface area contributed by atoms with Crippen LogP contribution in [-0.2, 0) is 0 Å². The summed E-state index contributed by atoms with van der Waals surface area (Å²) in [6.45, 7) is 0. The number of aromatic nitrogens is 3. The van der Waals surface area contributed by atoms with Crippen LogP contribution in [0.15, 0.2) is 192 Å². The first-order valence-corrected chi connectivity index (χ1v) is 19.5. The van der Waals surface area contributed by atoms with E-state index >= 15 is 0 Å². The zero-order valence-electron chi connectivity index (χ0n) is 30.6. The maximum absolute atomic E-state index is 6.51. The third kappa shape index (κ3) is 4.24. The van der Waals surface area contributed by atoms with Crippen molar-refractivity contribution in [3.63, 3.8) is 0 Å². The molecule has 12 aromatic rings. The van der Waals surface area contributed by atoms with Gasteiger partial charge in [-0.25, -0.2) is 4.98 Å². The second-order valence-corrected chi connectivity index (χ2v) is 15.1. The highest BCUT2D eigenvalue weighted by molar-refractivity contribution is 6.23. The molecule has 0 atom stereocenters. The molecule has 3 aromatic heterocycles. The Morgan fingerprint density at radius 3 is 1.89 bits per heavy atom. The smallest absolute Gasteiger partial charge is 0.227 e. The van der Waals surface area contributed by atoms with E-state index in [1.165, 1.54) is 76.3 Å². The van der Waals surface area contributed by atoms with Crippen LogP contribution in [0.25, 0.3) is 122 Å². The summed E-state index contributed by atoms with van der Waals surface area (Å²) in [4.78, 5) is 5.04. The molecule has 0 saturated carbocycles. The quantitative estimate of drug-likeness (QED) is 0.181. The molecule has 0 bridgehead atoms. The number of hydrogen-bond acceptors (Lipinski definition) is 2. The van der Waals surface area contributed by atoms with Gasteiger partial charge in [0.05, 0.1) is 27.8 Å². The molecule has 0 saturated heterocycles. The van der Waals surface area contributed by atoms with Crippen molar-refractivity contribution in [1.82, 2.24) is 14.1 Å². The number of fused-ring (bicyclic) bond motifs is 11. The molecule has 0 spiro atoms. The van der Waals surface area contributed by atoms with Gasteiger partial charge in [-0.15, -0.1) is 0 Å². The van der Waals surface area contributed by atoms with Crippen LogP contribution in [0.3, 0.4) is 0 Å². The van der Waals surface area contributed by atoms with Gasteiger partial charge in [0.1, 0.15) is 5.69 Å². The molecule has 3 heterocycles. The van der Waals surface area contributed by atoms with Crippen molar-refractivity contribution in [2.45, 2.75) is 0 Å². The van der Waals surface area contributed by atoms with E-state index in [1.54, 1.807) is 0 Å². The van der Waals surface area contributed by atoms with E-state index in [0.717, 1.165) is 39.5 Å². The normalized spacial score (nSPS) is 12.2. The van der Waals surface area contributed by atoms with Gasteiger partial charge in [-0.1, -0.05) is 115 Å². The number of benzene rings is 9. The number of hydrogen-bond donors (Lipinski definition) is 0. The first kappa shape index (κ1) is 30.6. The Hall–Kier alpha value is -7.69. The predicted molar refractivity (Wildman–Crippen MR) is 235 cm³/mol. The lowest BCUT2D eigenvalue weighted by Gasteiger charge is -2.13. The molecule has 0 amide bonds. The van der Waals surface area contributed by atoms with Gasteiger partial charge in [0, 0.05) is 54.7 Å². The summed E-state index contributed by atoms with van der Waals surface area (Å²) in [5.74, 6) is 1.49. The van der Waals surface area contributed by atoms with Gasteiger partial charge in [-0.2, -0.15) is 0 Å². The average molecular weight is 726 g/mol. The van der Waals surface area contributed by atoms with Gasteiger partial charge in [0.15, 0.2) is 5.76 Å². The minimum absolute atomic E-state index is 0.651. The standard InChI is InChI=1S/C53H31N3O/c1-3-13-33(14-4-1)53-54-51-40-25-29-45(39-19-11-20-41(49(39)40)52(51)57-53)56-47-27-24-35(31-43(47)50-37-17-8-7-12-32(37)22-28-48(50)56)34-23-26-46-42(30-34)38-18-9-10-21-44(38)55(46)36-15-5-2-6-16-36/h1-31H. The van der Waals surface area contributed by atoms with Crippen LogP contribution < -0.4 is 0 Å². The fourth-order valence-corrected chi connectivity index (χ4v) is 9.60. The highest BCUT2D eigenvalue weighted by atomic mass is 16.4. The molecular weight excluding hydrogens is 695 g/mol. The Kier molecular flexibility index (Phi) is 6.13. The van der Waals surface area contributed by atoms with E-state index in [9.17, 15) is 0 Å². The summed E-state index contributed by atoms with van der Waals surface area (Å²) in [5, 5.41) is 9.84. The molecule has 4 nitrogen and oxygen atoms in total. The third-order valence-electron chi connectivity index (χ3n) is 12.1. The molecule has 4 heteroatoms. The first-order chi connectivity index (χ1) is 28.3. The largest absolute Gasteiger partial charge is 0.435 e. The minimum Gasteiger partial charge on any atom is -0.435 e. The van der Waals surface area contributed by atoms with Crippen molar-refractivity contribution in [2.75, 3.05) is 0 Å². The molecule has 57 heavy (non-hydrogen) atoms. The van der Waals surface area contributed by atoms with Gasteiger partial charge < -0.3 is 13.6 Å². The summed E-state index contributed by atoms with van der Waals surface area (Å²) in [5.41, 5.74) is 13.6. The van der Waals surface area contributed by atoms with Gasteiger partial charge in [-0.05, 0) is 94.7 Å². The van der Waals surface area contributed by atoms with Gasteiger partial charge >= 0.3 is 0 Å². The van der Waals surface area contributed by atoms with E-state index in [2.05, 4.69) is 167 Å². The lowest BCUT2D eigenvalue weighted by molar-refractivity contribution is 0.590. The van der Waals surface area contributed by atoms with Crippen LogP contribution in [0.2, 0.25) is 0 Å². The van der Waals surface area contributed by atoms with Gasteiger partial charge in [0.2, 0.25) is 5.89 Å². The number of nitrogens with zero attached hydrogens (tertiary/aromatic N) is 3. The van der Waals surface area contributed by atoms with Crippen molar-refractivity contribution in [1.29, 1.82) is 0 Å². The Morgan fingerprint density at radius 2 is 1.05 bits per heavy atom. The van der Waals surface area contributed by atoms with Gasteiger partial charge in [-0.3, -0.25) is 0 Å². The van der Waals surface area contributed by atoms with Crippen LogP contribution >= 0.6 is 0 Å². The van der Waals surface area contributed by atoms with Crippen LogP contribution in [0.4, 0.5) is 0 Å². The summed E-state index contributed by atoms with van der Waals surface area (Å²) in [7, 11) is 0. The first-order valence-electron chi connectivity index (χ1n) is 19.5. The minimum atomic E-state index is 0.651. The summed E-state index contributed by atoms with van der Waals surface area (Å²) < 4.78 is 11.4.